The zero-order valence-electron chi connectivity index (χ0n) is 16.8. The van der Waals surface area contributed by atoms with Crippen LogP contribution in [0.5, 0.6) is 0 Å². The first kappa shape index (κ1) is 24.6. The zero-order valence-corrected chi connectivity index (χ0v) is 16.8. The summed E-state index contributed by atoms with van der Waals surface area (Å²) in [5.41, 5.74) is 0.488. The van der Waals surface area contributed by atoms with Crippen molar-refractivity contribution in [3.05, 3.63) is 68.7 Å². The fourth-order valence-electron chi connectivity index (χ4n) is 1.75. The quantitative estimate of drug-likeness (QED) is 0.206. The van der Waals surface area contributed by atoms with Crippen LogP contribution in [0.4, 0.5) is 11.4 Å². The van der Waals surface area contributed by atoms with Gasteiger partial charge in [0.2, 0.25) is 0 Å². The largest absolute Gasteiger partial charge is 0.390 e. The molecule has 1 aromatic rings. The van der Waals surface area contributed by atoms with Gasteiger partial charge in [0, 0.05) is 25.4 Å². The van der Waals surface area contributed by atoms with Crippen molar-refractivity contribution in [2.24, 2.45) is 0 Å². The second-order valence-electron chi connectivity index (χ2n) is 6.23. The Labute approximate surface area is 165 Å². The molecule has 1 rings (SSSR count). The van der Waals surface area contributed by atoms with Crippen molar-refractivity contribution in [1.29, 1.82) is 0 Å². The third-order valence-electron chi connectivity index (χ3n) is 3.01. The summed E-state index contributed by atoms with van der Waals surface area (Å²) >= 11 is 0. The van der Waals surface area contributed by atoms with Crippen molar-refractivity contribution >= 4 is 17.3 Å². The van der Waals surface area contributed by atoms with Crippen molar-refractivity contribution in [3.8, 4) is 12.3 Å². The van der Waals surface area contributed by atoms with Crippen molar-refractivity contribution in [2.45, 2.75) is 13.8 Å². The molecule has 0 aromatic heterocycles. The summed E-state index contributed by atoms with van der Waals surface area (Å²) in [5, 5.41) is 14.7. The van der Waals surface area contributed by atoms with Crippen LogP contribution in [0.1, 0.15) is 13.8 Å². The van der Waals surface area contributed by atoms with Crippen LogP contribution in [-0.4, -0.2) is 43.2 Å². The Bertz CT molecular complexity index is 888. The van der Waals surface area contributed by atoms with Crippen molar-refractivity contribution in [3.63, 3.8) is 0 Å². The lowest BCUT2D eigenvalue weighted by atomic mass is 10.1. The summed E-state index contributed by atoms with van der Waals surface area (Å²) in [7, 11) is 3.21. The Morgan fingerprint density at radius 2 is 1.75 bits per heavy atom. The molecular formula is C21H27N3O4. The number of nitrogens with zero attached hydrogens (tertiary/aromatic N) is 1. The van der Waals surface area contributed by atoms with Crippen LogP contribution in [0, 0.1) is 12.3 Å². The lowest BCUT2D eigenvalue weighted by Crippen LogP contribution is -2.37. The number of carbonyl (C=O) groups excluding carboxylic acids is 1. The number of aliphatic hydroxyl groups is 1. The van der Waals surface area contributed by atoms with Gasteiger partial charge in [-0.05, 0) is 26.0 Å². The van der Waals surface area contributed by atoms with E-state index in [1.54, 1.807) is 14.1 Å². The monoisotopic (exact) mass is 385 g/mol. The smallest absolute Gasteiger partial charge is 0.253 e. The molecule has 0 aliphatic heterocycles. The number of aliphatic hydroxyl groups excluding tert-OH is 1. The average Bonchev–Trinajstić information content (AvgIpc) is 2.63. The highest BCUT2D eigenvalue weighted by Gasteiger charge is 2.20. The van der Waals surface area contributed by atoms with E-state index in [1.807, 2.05) is 13.8 Å². The molecule has 0 heterocycles. The lowest BCUT2D eigenvalue weighted by Gasteiger charge is -2.14. The van der Waals surface area contributed by atoms with Crippen LogP contribution in [0.3, 0.4) is 0 Å². The average molecular weight is 385 g/mol. The minimum absolute atomic E-state index is 0.0483. The van der Waals surface area contributed by atoms with E-state index >= 15 is 0 Å². The molecule has 0 fully saturated rings. The first-order chi connectivity index (χ1) is 13.1. The fraction of sp³-hybridized carbons (Fsp3) is 0.286. The van der Waals surface area contributed by atoms with Crippen molar-refractivity contribution in [2.75, 3.05) is 37.9 Å². The van der Waals surface area contributed by atoms with E-state index in [2.05, 4.69) is 29.7 Å². The van der Waals surface area contributed by atoms with E-state index in [-0.39, 0.29) is 35.1 Å². The Balaban J connectivity index is 0.00000165. The van der Waals surface area contributed by atoms with E-state index in [4.69, 9.17) is 6.42 Å². The number of hydrogen-bond donors (Lipinski definition) is 3. The van der Waals surface area contributed by atoms with Gasteiger partial charge < -0.3 is 20.6 Å². The minimum atomic E-state index is -0.690. The maximum Gasteiger partial charge on any atom is 0.253 e. The zero-order chi connectivity index (χ0) is 21.9. The number of anilines is 2. The topological polar surface area (TPSA) is 98.7 Å². The van der Waals surface area contributed by atoms with E-state index in [1.165, 1.54) is 28.7 Å². The number of rotatable bonds is 8. The summed E-state index contributed by atoms with van der Waals surface area (Å²) < 4.78 is 0. The molecule has 0 atom stereocenters. The molecule has 1 amide bonds. The van der Waals surface area contributed by atoms with E-state index in [9.17, 15) is 19.5 Å². The Morgan fingerprint density at radius 1 is 1.21 bits per heavy atom. The number of carbonyl (C=O) groups is 1. The maximum absolute atomic E-state index is 11.6. The van der Waals surface area contributed by atoms with Crippen LogP contribution < -0.4 is 21.5 Å². The molecule has 0 bridgehead atoms. The number of terminal acetylenes is 1. The van der Waals surface area contributed by atoms with Crippen LogP contribution in [0.15, 0.2) is 57.8 Å². The lowest BCUT2D eigenvalue weighted by molar-refractivity contribution is -0.124. The molecule has 150 valence electrons. The van der Waals surface area contributed by atoms with E-state index in [0.29, 0.717) is 0 Å². The molecule has 28 heavy (non-hydrogen) atoms. The van der Waals surface area contributed by atoms with Gasteiger partial charge in [-0.2, -0.15) is 0 Å². The van der Waals surface area contributed by atoms with Gasteiger partial charge in [0.1, 0.15) is 11.4 Å². The van der Waals surface area contributed by atoms with Gasteiger partial charge in [0.15, 0.2) is 0 Å². The van der Waals surface area contributed by atoms with Gasteiger partial charge in [-0.1, -0.05) is 24.1 Å². The predicted octanol–water partition coefficient (Wildman–Crippen LogP) is 1.40. The minimum Gasteiger partial charge on any atom is -0.390 e. The predicted molar refractivity (Wildman–Crippen MR) is 115 cm³/mol. The van der Waals surface area contributed by atoms with Gasteiger partial charge in [0.05, 0.1) is 13.2 Å². The third-order valence-corrected chi connectivity index (χ3v) is 3.01. The van der Waals surface area contributed by atoms with Crippen LogP contribution in [0.25, 0.3) is 0 Å². The molecule has 0 saturated carbocycles. The second-order valence-corrected chi connectivity index (χ2v) is 6.23. The molecule has 7 nitrogen and oxygen atoms in total. The van der Waals surface area contributed by atoms with Gasteiger partial charge in [-0.3, -0.25) is 14.4 Å². The van der Waals surface area contributed by atoms with Crippen molar-refractivity contribution < 1.29 is 9.90 Å². The Kier molecular flexibility index (Phi) is 10.6. The summed E-state index contributed by atoms with van der Waals surface area (Å²) in [6.07, 6.45) is 9.54. The molecule has 0 radical (unpaired) electrons. The Hall–Kier alpha value is -3.37. The van der Waals surface area contributed by atoms with E-state index in [0.717, 1.165) is 0 Å². The van der Waals surface area contributed by atoms with Crippen molar-refractivity contribution in [1.82, 2.24) is 4.90 Å². The molecule has 0 aliphatic carbocycles. The highest BCUT2D eigenvalue weighted by atomic mass is 16.3. The first-order valence-corrected chi connectivity index (χ1v) is 8.35. The Morgan fingerprint density at radius 3 is 2.21 bits per heavy atom. The second kappa shape index (κ2) is 12.1. The molecule has 1 aromatic carbocycles. The van der Waals surface area contributed by atoms with Crippen LogP contribution >= 0.6 is 0 Å². The summed E-state index contributed by atoms with van der Waals surface area (Å²) in [6, 6.07) is 0. The van der Waals surface area contributed by atoms with E-state index < -0.39 is 17.5 Å². The molecule has 7 heteroatoms. The third kappa shape index (κ3) is 7.89. The molecule has 0 aliphatic rings. The summed E-state index contributed by atoms with van der Waals surface area (Å²) in [5.74, 6) is 2.05. The van der Waals surface area contributed by atoms with Gasteiger partial charge in [0.25, 0.3) is 16.8 Å². The fourth-order valence-corrected chi connectivity index (χ4v) is 1.75. The van der Waals surface area contributed by atoms with Gasteiger partial charge in [-0.25, -0.2) is 0 Å². The standard InChI is InChI=1S/C17H19N3O4.C4H8/c1-5-9-18-13-14(16(23)15(13)22)19-12(10-21)8-6-7-11(2)17(24)20(3)4;1-4(2)3/h1,6-8,18-19,21H,2,9-10H2,3-4H3;1H2,2-3H3/b7-6-,12-8+;. The molecule has 0 saturated heterocycles. The number of amides is 1. The molecule has 0 unspecified atom stereocenters. The van der Waals surface area contributed by atoms with Gasteiger partial charge in [-0.15, -0.1) is 13.0 Å². The number of nitrogens with one attached hydrogen (secondary N) is 2. The van der Waals surface area contributed by atoms with Crippen LogP contribution in [-0.2, 0) is 4.79 Å². The summed E-state index contributed by atoms with van der Waals surface area (Å²) in [4.78, 5) is 36.0. The molecular weight excluding hydrogens is 358 g/mol. The number of allylic oxidation sites excluding steroid dienone is 3. The SMILES string of the molecule is C#CCNc1c(N/C(=C/C=C\C(=C)C(=O)N(C)C)CO)c(=O)c1=O.C=C(C)C. The normalized spacial score (nSPS) is 10.6. The molecule has 0 spiro atoms. The first-order valence-electron chi connectivity index (χ1n) is 8.35. The number of likely N-dealkylation sites (N-methyl/N-ethyl adjacent to an activating group) is 1. The maximum atomic E-state index is 11.6. The van der Waals surface area contributed by atoms with Gasteiger partial charge >= 0.3 is 0 Å². The summed E-state index contributed by atoms with van der Waals surface area (Å²) in [6.45, 7) is 10.8. The highest BCUT2D eigenvalue weighted by molar-refractivity contribution is 5.95. The number of hydrogen-bond acceptors (Lipinski definition) is 6. The highest BCUT2D eigenvalue weighted by Crippen LogP contribution is 2.16. The molecule has 3 N–H and O–H groups in total. The van der Waals surface area contributed by atoms with Crippen LogP contribution in [0.2, 0.25) is 0 Å².